The van der Waals surface area contributed by atoms with Crippen molar-refractivity contribution >= 4 is 27.5 Å². The number of aromatic nitrogens is 1. The molecular formula is C27H23N3O3. The first-order chi connectivity index (χ1) is 16.0. The van der Waals surface area contributed by atoms with Crippen molar-refractivity contribution < 1.29 is 14.9 Å². The van der Waals surface area contributed by atoms with Crippen molar-refractivity contribution in [2.24, 2.45) is 5.73 Å². The third-order valence-corrected chi connectivity index (χ3v) is 5.79. The number of hydrogen-bond donors (Lipinski definition) is 4. The van der Waals surface area contributed by atoms with Crippen molar-refractivity contribution in [1.29, 1.82) is 5.41 Å². The minimum absolute atomic E-state index is 0.0383. The summed E-state index contributed by atoms with van der Waals surface area (Å²) in [5.41, 5.74) is 8.42. The Kier molecular flexibility index (Phi) is 5.30. The second kappa shape index (κ2) is 8.43. The van der Waals surface area contributed by atoms with Crippen LogP contribution in [0.3, 0.4) is 0 Å². The molecule has 1 aromatic heterocycles. The lowest BCUT2D eigenvalue weighted by Crippen LogP contribution is -2.12. The van der Waals surface area contributed by atoms with Gasteiger partial charge in [-0.25, -0.2) is 0 Å². The summed E-state index contributed by atoms with van der Waals surface area (Å²) in [7, 11) is 0. The second-order valence-corrected chi connectivity index (χ2v) is 7.90. The number of ether oxygens (including phenoxy) is 1. The van der Waals surface area contributed by atoms with Gasteiger partial charge in [0.25, 0.3) is 0 Å². The second-order valence-electron chi connectivity index (χ2n) is 7.90. The summed E-state index contributed by atoms with van der Waals surface area (Å²) in [6.07, 6.45) is -1.63. The van der Waals surface area contributed by atoms with Gasteiger partial charge in [0.2, 0.25) is 0 Å². The molecule has 0 radical (unpaired) electrons. The zero-order chi connectivity index (χ0) is 22.9. The normalized spacial score (nSPS) is 11.4. The summed E-state index contributed by atoms with van der Waals surface area (Å²) in [6.45, 7) is 0.407. The molecule has 0 bridgehead atoms. The van der Waals surface area contributed by atoms with Crippen molar-refractivity contribution in [3.8, 4) is 11.5 Å². The van der Waals surface area contributed by atoms with E-state index >= 15 is 0 Å². The molecule has 4 aromatic carbocycles. The van der Waals surface area contributed by atoms with Crippen LogP contribution in [0.25, 0.3) is 21.7 Å². The van der Waals surface area contributed by atoms with Crippen LogP contribution in [-0.4, -0.2) is 20.6 Å². The smallest absolute Gasteiger partial charge is 0.194 e. The van der Waals surface area contributed by atoms with E-state index in [2.05, 4.69) is 0 Å². The van der Waals surface area contributed by atoms with Gasteiger partial charge in [-0.1, -0.05) is 60.7 Å². The van der Waals surface area contributed by atoms with Crippen LogP contribution in [0.5, 0.6) is 11.5 Å². The number of nitrogens with one attached hydrogen (secondary N) is 1. The molecule has 0 aliphatic rings. The van der Waals surface area contributed by atoms with Crippen LogP contribution in [0.4, 0.5) is 0 Å². The Morgan fingerprint density at radius 2 is 1.61 bits per heavy atom. The topological polar surface area (TPSA) is 104 Å². The monoisotopic (exact) mass is 437 g/mol. The maximum absolute atomic E-state index is 10.0. The van der Waals surface area contributed by atoms with Gasteiger partial charge in [0.05, 0.1) is 5.69 Å². The maximum atomic E-state index is 10.0. The largest absolute Gasteiger partial charge is 0.457 e. The number of para-hydroxylation sites is 1. The van der Waals surface area contributed by atoms with Gasteiger partial charge >= 0.3 is 0 Å². The van der Waals surface area contributed by atoms with Gasteiger partial charge < -0.3 is 25.3 Å². The highest BCUT2D eigenvalue weighted by Gasteiger charge is 2.17. The highest BCUT2D eigenvalue weighted by atomic mass is 16.5. The lowest BCUT2D eigenvalue weighted by Gasteiger charge is -2.16. The molecule has 0 saturated carbocycles. The fourth-order valence-electron chi connectivity index (χ4n) is 4.18. The van der Waals surface area contributed by atoms with E-state index in [1.165, 1.54) is 0 Å². The van der Waals surface area contributed by atoms with Crippen LogP contribution >= 0.6 is 0 Å². The van der Waals surface area contributed by atoms with E-state index in [1.54, 1.807) is 18.2 Å². The minimum atomic E-state index is -1.63. The van der Waals surface area contributed by atoms with E-state index in [4.69, 9.17) is 15.9 Å². The number of aliphatic hydroxyl groups excluding tert-OH is 1. The zero-order valence-electron chi connectivity index (χ0n) is 17.8. The Morgan fingerprint density at radius 1 is 0.879 bits per heavy atom. The highest BCUT2D eigenvalue weighted by molar-refractivity contribution is 5.99. The van der Waals surface area contributed by atoms with Crippen molar-refractivity contribution in [2.45, 2.75) is 12.8 Å². The standard InChI is InChI=1S/C27H23N3O3/c28-26(29)18-11-10-17-14-24(27(31)32)30(23(17)15-18)16-19-12-13-25(22-9-5-4-8-21(19)22)33-20-6-2-1-3-7-20/h1-15,27,31-32H,16H2,(H3,28,29). The SMILES string of the molecule is N=C(N)c1ccc2cc(C(O)O)n(Cc3ccc(Oc4ccccc4)c4ccccc34)c2c1. The Hall–Kier alpha value is -4.13. The Balaban J connectivity index is 1.62. The number of benzene rings is 4. The summed E-state index contributed by atoms with van der Waals surface area (Å²) in [5.74, 6) is 1.47. The number of nitrogens with zero attached hydrogens (tertiary/aromatic N) is 1. The van der Waals surface area contributed by atoms with Gasteiger partial charge in [-0.2, -0.15) is 0 Å². The lowest BCUT2D eigenvalue weighted by molar-refractivity contribution is -0.0478. The molecule has 0 aliphatic carbocycles. The number of rotatable bonds is 6. The van der Waals surface area contributed by atoms with E-state index < -0.39 is 6.29 Å². The molecule has 164 valence electrons. The van der Waals surface area contributed by atoms with E-state index in [9.17, 15) is 10.2 Å². The van der Waals surface area contributed by atoms with E-state index in [0.29, 0.717) is 17.8 Å². The van der Waals surface area contributed by atoms with Gasteiger partial charge in [0, 0.05) is 28.4 Å². The molecule has 5 aromatic rings. The summed E-state index contributed by atoms with van der Waals surface area (Å²) in [5, 5.41) is 30.7. The first-order valence-electron chi connectivity index (χ1n) is 10.6. The maximum Gasteiger partial charge on any atom is 0.194 e. The Labute approximate surface area is 190 Å². The predicted molar refractivity (Wildman–Crippen MR) is 130 cm³/mol. The lowest BCUT2D eigenvalue weighted by atomic mass is 10.0. The first-order valence-corrected chi connectivity index (χ1v) is 10.6. The molecule has 5 rings (SSSR count). The molecule has 0 saturated heterocycles. The highest BCUT2D eigenvalue weighted by Crippen LogP contribution is 2.34. The molecular weight excluding hydrogens is 414 g/mol. The number of aliphatic hydroxyl groups is 2. The van der Waals surface area contributed by atoms with Gasteiger partial charge in [0.15, 0.2) is 6.29 Å². The molecule has 0 spiro atoms. The van der Waals surface area contributed by atoms with Crippen LogP contribution in [0.2, 0.25) is 0 Å². The number of nitrogens with two attached hydrogens (primary N) is 1. The zero-order valence-corrected chi connectivity index (χ0v) is 17.8. The summed E-state index contributed by atoms with van der Waals surface area (Å²) < 4.78 is 7.98. The third-order valence-electron chi connectivity index (χ3n) is 5.79. The summed E-state index contributed by atoms with van der Waals surface area (Å²) >= 11 is 0. The minimum Gasteiger partial charge on any atom is -0.457 e. The molecule has 6 heteroatoms. The molecule has 0 unspecified atom stereocenters. The van der Waals surface area contributed by atoms with Crippen LogP contribution < -0.4 is 10.5 Å². The van der Waals surface area contributed by atoms with Crippen molar-refractivity contribution in [3.05, 3.63) is 108 Å². The van der Waals surface area contributed by atoms with E-state index in [1.807, 2.05) is 77.4 Å². The average molecular weight is 437 g/mol. The molecule has 6 nitrogen and oxygen atoms in total. The van der Waals surface area contributed by atoms with Gasteiger partial charge in [-0.15, -0.1) is 0 Å². The van der Waals surface area contributed by atoms with Gasteiger partial charge in [0.1, 0.15) is 17.3 Å². The molecule has 5 N–H and O–H groups in total. The van der Waals surface area contributed by atoms with Gasteiger partial charge in [-0.3, -0.25) is 5.41 Å². The third kappa shape index (κ3) is 3.93. The van der Waals surface area contributed by atoms with Crippen molar-refractivity contribution in [1.82, 2.24) is 4.57 Å². The summed E-state index contributed by atoms with van der Waals surface area (Å²) in [6, 6.07) is 28.7. The predicted octanol–water partition coefficient (Wildman–Crippen LogP) is 4.90. The van der Waals surface area contributed by atoms with Crippen LogP contribution in [0.1, 0.15) is 23.1 Å². The van der Waals surface area contributed by atoms with Crippen molar-refractivity contribution in [2.75, 3.05) is 0 Å². The van der Waals surface area contributed by atoms with Gasteiger partial charge in [-0.05, 0) is 41.3 Å². The molecule has 0 atom stereocenters. The molecule has 0 fully saturated rings. The fourth-order valence-corrected chi connectivity index (χ4v) is 4.18. The average Bonchev–Trinajstić information content (AvgIpc) is 3.19. The molecule has 33 heavy (non-hydrogen) atoms. The van der Waals surface area contributed by atoms with E-state index in [-0.39, 0.29) is 5.84 Å². The first kappa shape index (κ1) is 20.8. The van der Waals surface area contributed by atoms with Crippen LogP contribution in [-0.2, 0) is 6.54 Å². The Bertz CT molecular complexity index is 1470. The molecule has 0 aliphatic heterocycles. The quantitative estimate of drug-likeness (QED) is 0.172. The van der Waals surface area contributed by atoms with Crippen LogP contribution in [0, 0.1) is 5.41 Å². The fraction of sp³-hybridized carbons (Fsp3) is 0.0741. The number of fused-ring (bicyclic) bond motifs is 2. The number of amidine groups is 1. The van der Waals surface area contributed by atoms with Crippen molar-refractivity contribution in [3.63, 3.8) is 0 Å². The number of hydrogen-bond acceptors (Lipinski definition) is 4. The molecule has 0 amide bonds. The van der Waals surface area contributed by atoms with E-state index in [0.717, 1.165) is 38.7 Å². The number of nitrogen functional groups attached to an aromatic ring is 1. The molecule has 1 heterocycles. The summed E-state index contributed by atoms with van der Waals surface area (Å²) in [4.78, 5) is 0. The Morgan fingerprint density at radius 3 is 2.33 bits per heavy atom. The van der Waals surface area contributed by atoms with Crippen LogP contribution in [0.15, 0.2) is 91.0 Å².